The van der Waals surface area contributed by atoms with Gasteiger partial charge in [-0.25, -0.2) is 4.98 Å². The van der Waals surface area contributed by atoms with Gasteiger partial charge in [0.1, 0.15) is 5.82 Å². The zero-order valence-electron chi connectivity index (χ0n) is 12.4. The lowest BCUT2D eigenvalue weighted by atomic mass is 10.1. The zero-order chi connectivity index (χ0) is 13.9. The van der Waals surface area contributed by atoms with Crippen LogP contribution in [0.5, 0.6) is 0 Å². The Hall–Kier alpha value is -1.61. The molecule has 0 saturated heterocycles. The summed E-state index contributed by atoms with van der Waals surface area (Å²) >= 11 is 0. The molecule has 0 radical (unpaired) electrons. The van der Waals surface area contributed by atoms with E-state index in [0.29, 0.717) is 0 Å². The summed E-state index contributed by atoms with van der Waals surface area (Å²) in [6.45, 7) is 4.14. The molecule has 0 atom stereocenters. The molecule has 1 aromatic carbocycles. The number of anilines is 1. The fourth-order valence-electron chi connectivity index (χ4n) is 2.59. The van der Waals surface area contributed by atoms with Crippen molar-refractivity contribution in [3.8, 4) is 0 Å². The van der Waals surface area contributed by atoms with Gasteiger partial charge in [0.15, 0.2) is 0 Å². The van der Waals surface area contributed by atoms with Gasteiger partial charge in [0.2, 0.25) is 0 Å². The van der Waals surface area contributed by atoms with Crippen LogP contribution in [0, 0.1) is 0 Å². The highest BCUT2D eigenvalue weighted by Crippen LogP contribution is 2.29. The van der Waals surface area contributed by atoms with Gasteiger partial charge in [-0.3, -0.25) is 4.90 Å². The molecule has 1 saturated carbocycles. The Morgan fingerprint density at radius 3 is 2.85 bits per heavy atom. The minimum Gasteiger partial charge on any atom is -0.370 e. The molecule has 1 heterocycles. The fraction of sp³-hybridized carbons (Fsp3) is 0.471. The van der Waals surface area contributed by atoms with Crippen LogP contribution in [-0.2, 0) is 6.54 Å². The van der Waals surface area contributed by atoms with Crippen LogP contribution in [-0.4, -0.2) is 29.5 Å². The van der Waals surface area contributed by atoms with Gasteiger partial charge in [0, 0.05) is 30.1 Å². The standard InChI is InChI=1S/C17H23N3/c1-3-10-18-17-14(12-20(2)15-8-9-15)11-13-6-4-5-7-16(13)19-17/h4-7,11,15H,3,8-10,12H2,1-2H3,(H,18,19). The van der Waals surface area contributed by atoms with Crippen LogP contribution >= 0.6 is 0 Å². The predicted octanol–water partition coefficient (Wildman–Crippen LogP) is 3.65. The van der Waals surface area contributed by atoms with Crippen LogP contribution < -0.4 is 5.32 Å². The number of hydrogen-bond donors (Lipinski definition) is 1. The van der Waals surface area contributed by atoms with E-state index in [-0.39, 0.29) is 0 Å². The predicted molar refractivity (Wildman–Crippen MR) is 85.0 cm³/mol. The number of pyridine rings is 1. The van der Waals surface area contributed by atoms with Gasteiger partial charge in [-0.1, -0.05) is 25.1 Å². The Morgan fingerprint density at radius 2 is 2.10 bits per heavy atom. The number of hydrogen-bond acceptors (Lipinski definition) is 3. The quantitative estimate of drug-likeness (QED) is 0.867. The van der Waals surface area contributed by atoms with Crippen molar-refractivity contribution in [2.24, 2.45) is 0 Å². The highest BCUT2D eigenvalue weighted by atomic mass is 15.2. The molecule has 2 aromatic rings. The lowest BCUT2D eigenvalue weighted by Gasteiger charge is -2.19. The van der Waals surface area contributed by atoms with E-state index < -0.39 is 0 Å². The Labute approximate surface area is 121 Å². The number of rotatable bonds is 6. The molecular formula is C17H23N3. The van der Waals surface area contributed by atoms with Crippen molar-refractivity contribution >= 4 is 16.7 Å². The average Bonchev–Trinajstić information content (AvgIpc) is 3.29. The van der Waals surface area contributed by atoms with E-state index >= 15 is 0 Å². The van der Waals surface area contributed by atoms with Crippen LogP contribution in [0.15, 0.2) is 30.3 Å². The highest BCUT2D eigenvalue weighted by Gasteiger charge is 2.26. The summed E-state index contributed by atoms with van der Waals surface area (Å²) in [5.74, 6) is 1.05. The molecule has 1 N–H and O–H groups in total. The number of nitrogens with one attached hydrogen (secondary N) is 1. The third kappa shape index (κ3) is 2.93. The zero-order valence-corrected chi connectivity index (χ0v) is 12.4. The Bertz CT molecular complexity index is 590. The van der Waals surface area contributed by atoms with Gasteiger partial charge in [-0.2, -0.15) is 0 Å². The molecule has 3 nitrogen and oxygen atoms in total. The molecule has 1 aliphatic carbocycles. The second-order valence-corrected chi connectivity index (χ2v) is 5.76. The van der Waals surface area contributed by atoms with E-state index in [0.717, 1.165) is 36.9 Å². The molecule has 1 aromatic heterocycles. The first-order valence-corrected chi connectivity index (χ1v) is 7.60. The summed E-state index contributed by atoms with van der Waals surface area (Å²) in [6.07, 6.45) is 3.80. The molecule has 0 unspecified atom stereocenters. The number of para-hydroxylation sites is 1. The molecule has 1 fully saturated rings. The van der Waals surface area contributed by atoms with Crippen LogP contribution in [0.1, 0.15) is 31.7 Å². The van der Waals surface area contributed by atoms with Crippen molar-refractivity contribution in [3.05, 3.63) is 35.9 Å². The van der Waals surface area contributed by atoms with Gasteiger partial charge in [0.05, 0.1) is 5.52 Å². The summed E-state index contributed by atoms with van der Waals surface area (Å²) in [6, 6.07) is 11.4. The van der Waals surface area contributed by atoms with Gasteiger partial charge in [-0.15, -0.1) is 0 Å². The monoisotopic (exact) mass is 269 g/mol. The van der Waals surface area contributed by atoms with E-state index in [4.69, 9.17) is 4.98 Å². The lowest BCUT2D eigenvalue weighted by Crippen LogP contribution is -2.21. The third-order valence-corrected chi connectivity index (χ3v) is 3.94. The largest absolute Gasteiger partial charge is 0.370 e. The number of aromatic nitrogens is 1. The summed E-state index contributed by atoms with van der Waals surface area (Å²) in [7, 11) is 2.22. The Morgan fingerprint density at radius 1 is 1.30 bits per heavy atom. The van der Waals surface area contributed by atoms with Crippen LogP contribution in [0.4, 0.5) is 5.82 Å². The van der Waals surface area contributed by atoms with E-state index in [2.05, 4.69) is 54.5 Å². The van der Waals surface area contributed by atoms with E-state index in [1.165, 1.54) is 23.8 Å². The summed E-state index contributed by atoms with van der Waals surface area (Å²) in [4.78, 5) is 7.26. The van der Waals surface area contributed by atoms with E-state index in [1.54, 1.807) is 0 Å². The molecular weight excluding hydrogens is 246 g/mol. The number of nitrogens with zero attached hydrogens (tertiary/aromatic N) is 2. The van der Waals surface area contributed by atoms with Crippen LogP contribution in [0.2, 0.25) is 0 Å². The molecule has 0 bridgehead atoms. The summed E-state index contributed by atoms with van der Waals surface area (Å²) in [5.41, 5.74) is 2.38. The van der Waals surface area contributed by atoms with Crippen molar-refractivity contribution < 1.29 is 0 Å². The summed E-state index contributed by atoms with van der Waals surface area (Å²) < 4.78 is 0. The smallest absolute Gasteiger partial charge is 0.131 e. The Balaban J connectivity index is 1.92. The second-order valence-electron chi connectivity index (χ2n) is 5.76. The third-order valence-electron chi connectivity index (χ3n) is 3.94. The van der Waals surface area contributed by atoms with Crippen molar-refractivity contribution in [3.63, 3.8) is 0 Å². The lowest BCUT2D eigenvalue weighted by molar-refractivity contribution is 0.317. The average molecular weight is 269 g/mol. The molecule has 3 rings (SSSR count). The maximum atomic E-state index is 4.81. The van der Waals surface area contributed by atoms with Crippen LogP contribution in [0.25, 0.3) is 10.9 Å². The number of benzene rings is 1. The van der Waals surface area contributed by atoms with Gasteiger partial charge in [-0.05, 0) is 38.4 Å². The molecule has 0 spiro atoms. The Kier molecular flexibility index (Phi) is 3.88. The first-order valence-electron chi connectivity index (χ1n) is 7.60. The summed E-state index contributed by atoms with van der Waals surface area (Å²) in [5, 5.41) is 4.71. The number of fused-ring (bicyclic) bond motifs is 1. The van der Waals surface area contributed by atoms with Crippen molar-refractivity contribution in [1.29, 1.82) is 0 Å². The molecule has 106 valence electrons. The second kappa shape index (κ2) is 5.80. The van der Waals surface area contributed by atoms with E-state index in [9.17, 15) is 0 Å². The topological polar surface area (TPSA) is 28.2 Å². The van der Waals surface area contributed by atoms with E-state index in [1.807, 2.05) is 0 Å². The van der Waals surface area contributed by atoms with Gasteiger partial charge in [0.25, 0.3) is 0 Å². The molecule has 0 aliphatic heterocycles. The normalized spacial score (nSPS) is 14.9. The van der Waals surface area contributed by atoms with Crippen molar-refractivity contribution in [2.45, 2.75) is 38.8 Å². The van der Waals surface area contributed by atoms with Crippen molar-refractivity contribution in [2.75, 3.05) is 18.9 Å². The first kappa shape index (κ1) is 13.4. The maximum Gasteiger partial charge on any atom is 0.131 e. The highest BCUT2D eigenvalue weighted by molar-refractivity contribution is 5.81. The van der Waals surface area contributed by atoms with Crippen molar-refractivity contribution in [1.82, 2.24) is 9.88 Å². The van der Waals surface area contributed by atoms with Gasteiger partial charge >= 0.3 is 0 Å². The molecule has 3 heteroatoms. The minimum atomic E-state index is 0.778. The van der Waals surface area contributed by atoms with Gasteiger partial charge < -0.3 is 5.32 Å². The molecule has 0 amide bonds. The molecule has 20 heavy (non-hydrogen) atoms. The maximum absolute atomic E-state index is 4.81. The molecule has 1 aliphatic rings. The minimum absolute atomic E-state index is 0.778. The SMILES string of the molecule is CCCNc1nc2ccccc2cc1CN(C)C1CC1. The van der Waals surface area contributed by atoms with Crippen LogP contribution in [0.3, 0.4) is 0 Å². The fourth-order valence-corrected chi connectivity index (χ4v) is 2.59. The first-order chi connectivity index (χ1) is 9.78.